The zero-order chi connectivity index (χ0) is 13.2. The number of ether oxygens (including phenoxy) is 2. The maximum atomic E-state index is 11.2. The minimum Gasteiger partial charge on any atom is -0.464 e. The molecule has 0 saturated carbocycles. The van der Waals surface area contributed by atoms with E-state index in [0.29, 0.717) is 11.3 Å². The summed E-state index contributed by atoms with van der Waals surface area (Å²) in [4.78, 5) is 11.2. The molecule has 0 aliphatic carbocycles. The number of hydrogen-bond acceptors (Lipinski definition) is 3. The maximum absolute atomic E-state index is 11.2. The van der Waals surface area contributed by atoms with Crippen LogP contribution < -0.4 is 4.74 Å². The van der Waals surface area contributed by atoms with E-state index in [0.717, 1.165) is 31.3 Å². The summed E-state index contributed by atoms with van der Waals surface area (Å²) in [5.41, 5.74) is 1.75. The van der Waals surface area contributed by atoms with Gasteiger partial charge in [0.25, 0.3) is 0 Å². The Labute approximate surface area is 108 Å². The Bertz CT molecular complexity index is 426. The first-order valence-corrected chi connectivity index (χ1v) is 6.38. The molecule has 1 aromatic carbocycles. The van der Waals surface area contributed by atoms with Crippen LogP contribution in [0.4, 0.5) is 0 Å². The van der Waals surface area contributed by atoms with Gasteiger partial charge in [-0.3, -0.25) is 4.79 Å². The first-order valence-electron chi connectivity index (χ1n) is 6.38. The SMILES string of the molecule is CC(C)(C)c1ccc(OC2CCCO2)c(C=O)c1. The molecule has 1 aliphatic heterocycles. The maximum Gasteiger partial charge on any atom is 0.199 e. The molecule has 3 nitrogen and oxygen atoms in total. The second-order valence-electron chi connectivity index (χ2n) is 5.68. The van der Waals surface area contributed by atoms with Crippen molar-refractivity contribution in [2.45, 2.75) is 45.3 Å². The van der Waals surface area contributed by atoms with Gasteiger partial charge in [0.2, 0.25) is 0 Å². The van der Waals surface area contributed by atoms with Gasteiger partial charge in [-0.05, 0) is 29.5 Å². The van der Waals surface area contributed by atoms with Crippen molar-refractivity contribution in [3.63, 3.8) is 0 Å². The third-order valence-electron chi connectivity index (χ3n) is 3.15. The lowest BCUT2D eigenvalue weighted by atomic mass is 9.86. The highest BCUT2D eigenvalue weighted by Crippen LogP contribution is 2.28. The quantitative estimate of drug-likeness (QED) is 0.770. The number of carbonyl (C=O) groups excluding carboxylic acids is 1. The van der Waals surface area contributed by atoms with E-state index in [-0.39, 0.29) is 11.7 Å². The average molecular weight is 248 g/mol. The molecule has 0 bridgehead atoms. The van der Waals surface area contributed by atoms with E-state index in [1.165, 1.54) is 0 Å². The van der Waals surface area contributed by atoms with Gasteiger partial charge in [-0.1, -0.05) is 26.8 Å². The highest BCUT2D eigenvalue weighted by atomic mass is 16.7. The minimum atomic E-state index is -0.204. The molecule has 1 heterocycles. The fourth-order valence-electron chi connectivity index (χ4n) is 2.00. The monoisotopic (exact) mass is 248 g/mol. The molecule has 1 fully saturated rings. The summed E-state index contributed by atoms with van der Waals surface area (Å²) >= 11 is 0. The molecule has 1 aliphatic rings. The average Bonchev–Trinajstić information content (AvgIpc) is 2.81. The molecule has 0 amide bonds. The van der Waals surface area contributed by atoms with Gasteiger partial charge < -0.3 is 9.47 Å². The van der Waals surface area contributed by atoms with Crippen molar-refractivity contribution in [3.05, 3.63) is 29.3 Å². The molecule has 18 heavy (non-hydrogen) atoms. The number of benzene rings is 1. The lowest BCUT2D eigenvalue weighted by Gasteiger charge is -2.21. The Balaban J connectivity index is 2.22. The van der Waals surface area contributed by atoms with Crippen molar-refractivity contribution in [1.29, 1.82) is 0 Å². The van der Waals surface area contributed by atoms with Gasteiger partial charge in [0, 0.05) is 6.42 Å². The second kappa shape index (κ2) is 5.11. The predicted octanol–water partition coefficient (Wildman–Crippen LogP) is 3.31. The van der Waals surface area contributed by atoms with Crippen molar-refractivity contribution in [2.75, 3.05) is 6.61 Å². The Kier molecular flexibility index (Phi) is 3.71. The fraction of sp³-hybridized carbons (Fsp3) is 0.533. The molecule has 1 atom stereocenters. The topological polar surface area (TPSA) is 35.5 Å². The van der Waals surface area contributed by atoms with Crippen LogP contribution in [0.1, 0.15) is 49.5 Å². The molecule has 0 spiro atoms. The second-order valence-corrected chi connectivity index (χ2v) is 5.68. The Morgan fingerprint density at radius 3 is 2.72 bits per heavy atom. The number of rotatable bonds is 3. The van der Waals surface area contributed by atoms with Crippen molar-refractivity contribution in [2.24, 2.45) is 0 Å². The highest BCUT2D eigenvalue weighted by molar-refractivity contribution is 5.79. The Hall–Kier alpha value is -1.35. The van der Waals surface area contributed by atoms with Crippen LogP contribution >= 0.6 is 0 Å². The summed E-state index contributed by atoms with van der Waals surface area (Å²) < 4.78 is 11.1. The van der Waals surface area contributed by atoms with Gasteiger partial charge in [0.15, 0.2) is 12.6 Å². The Morgan fingerprint density at radius 1 is 1.39 bits per heavy atom. The summed E-state index contributed by atoms with van der Waals surface area (Å²) in [7, 11) is 0. The molecule has 0 aromatic heterocycles. The van der Waals surface area contributed by atoms with Crippen LogP contribution in [-0.4, -0.2) is 19.2 Å². The molecule has 1 unspecified atom stereocenters. The van der Waals surface area contributed by atoms with Gasteiger partial charge in [-0.25, -0.2) is 0 Å². The van der Waals surface area contributed by atoms with Crippen LogP contribution in [-0.2, 0) is 10.2 Å². The normalized spacial score (nSPS) is 19.8. The van der Waals surface area contributed by atoms with Crippen molar-refractivity contribution >= 4 is 6.29 Å². The van der Waals surface area contributed by atoms with Gasteiger partial charge in [0.1, 0.15) is 5.75 Å². The van der Waals surface area contributed by atoms with Crippen LogP contribution in [0.15, 0.2) is 18.2 Å². The zero-order valence-electron chi connectivity index (χ0n) is 11.2. The Morgan fingerprint density at radius 2 is 2.17 bits per heavy atom. The molecule has 98 valence electrons. The number of aldehydes is 1. The summed E-state index contributed by atoms with van der Waals surface area (Å²) in [5.74, 6) is 0.616. The summed E-state index contributed by atoms with van der Waals surface area (Å²) in [6, 6.07) is 5.78. The van der Waals surface area contributed by atoms with Crippen molar-refractivity contribution in [1.82, 2.24) is 0 Å². The summed E-state index contributed by atoms with van der Waals surface area (Å²) in [6.07, 6.45) is 2.55. The summed E-state index contributed by atoms with van der Waals surface area (Å²) in [5, 5.41) is 0. The zero-order valence-corrected chi connectivity index (χ0v) is 11.2. The molecule has 2 rings (SSSR count). The van der Waals surface area contributed by atoms with E-state index < -0.39 is 0 Å². The number of hydrogen-bond donors (Lipinski definition) is 0. The fourth-order valence-corrected chi connectivity index (χ4v) is 2.00. The van der Waals surface area contributed by atoms with E-state index in [9.17, 15) is 4.79 Å². The molecular formula is C15H20O3. The van der Waals surface area contributed by atoms with E-state index >= 15 is 0 Å². The third-order valence-corrected chi connectivity index (χ3v) is 3.15. The predicted molar refractivity (Wildman–Crippen MR) is 70.1 cm³/mol. The molecule has 1 saturated heterocycles. The molecule has 1 aromatic rings. The summed E-state index contributed by atoms with van der Waals surface area (Å²) in [6.45, 7) is 7.10. The largest absolute Gasteiger partial charge is 0.464 e. The standard InChI is InChI=1S/C15H20O3/c1-15(2,3)12-6-7-13(11(9-12)10-16)18-14-5-4-8-17-14/h6-7,9-10,14H,4-5,8H2,1-3H3. The van der Waals surface area contributed by atoms with Crippen LogP contribution in [0, 0.1) is 0 Å². The van der Waals surface area contributed by atoms with Crippen molar-refractivity contribution in [3.8, 4) is 5.75 Å². The molecule has 3 heteroatoms. The first-order chi connectivity index (χ1) is 8.50. The van der Waals surface area contributed by atoms with Crippen LogP contribution in [0.3, 0.4) is 0 Å². The third kappa shape index (κ3) is 2.91. The minimum absolute atomic E-state index is 0.0279. The van der Waals surface area contributed by atoms with Gasteiger partial charge in [-0.2, -0.15) is 0 Å². The smallest absolute Gasteiger partial charge is 0.199 e. The molecular weight excluding hydrogens is 228 g/mol. The first kappa shape index (κ1) is 13.1. The van der Waals surface area contributed by atoms with Crippen LogP contribution in [0.25, 0.3) is 0 Å². The van der Waals surface area contributed by atoms with E-state index in [1.807, 2.05) is 18.2 Å². The van der Waals surface area contributed by atoms with E-state index in [4.69, 9.17) is 9.47 Å². The molecule has 0 N–H and O–H groups in total. The molecule has 0 radical (unpaired) electrons. The lowest BCUT2D eigenvalue weighted by Crippen LogP contribution is -2.16. The van der Waals surface area contributed by atoms with Crippen LogP contribution in [0.2, 0.25) is 0 Å². The number of carbonyl (C=O) groups is 1. The van der Waals surface area contributed by atoms with Crippen molar-refractivity contribution < 1.29 is 14.3 Å². The lowest BCUT2D eigenvalue weighted by molar-refractivity contribution is -0.0392. The van der Waals surface area contributed by atoms with Gasteiger partial charge in [0.05, 0.1) is 12.2 Å². The van der Waals surface area contributed by atoms with E-state index in [1.54, 1.807) is 0 Å². The van der Waals surface area contributed by atoms with Gasteiger partial charge >= 0.3 is 0 Å². The van der Waals surface area contributed by atoms with Crippen LogP contribution in [0.5, 0.6) is 5.75 Å². The van der Waals surface area contributed by atoms with Gasteiger partial charge in [-0.15, -0.1) is 0 Å². The van der Waals surface area contributed by atoms with E-state index in [2.05, 4.69) is 20.8 Å². The highest BCUT2D eigenvalue weighted by Gasteiger charge is 2.20.